The fraction of sp³-hybridized carbons (Fsp3) is 0.318. The summed E-state index contributed by atoms with van der Waals surface area (Å²) in [5.41, 5.74) is 3.00. The number of guanidine groups is 1. The highest BCUT2D eigenvalue weighted by Crippen LogP contribution is 2.38. The van der Waals surface area contributed by atoms with Gasteiger partial charge in [0, 0.05) is 24.5 Å². The van der Waals surface area contributed by atoms with Crippen molar-refractivity contribution in [3.8, 4) is 17.2 Å². The summed E-state index contributed by atoms with van der Waals surface area (Å²) in [6.45, 7) is 3.14. The average Bonchev–Trinajstić information content (AvgIpc) is 3.08. The van der Waals surface area contributed by atoms with Crippen LogP contribution in [0.5, 0.6) is 17.2 Å². The van der Waals surface area contributed by atoms with E-state index in [1.165, 1.54) is 0 Å². The number of nitrogens with zero attached hydrogens (tertiary/aromatic N) is 1. The van der Waals surface area contributed by atoms with E-state index in [0.29, 0.717) is 36.3 Å². The molecule has 7 nitrogen and oxygen atoms in total. The molecule has 162 valence electrons. The van der Waals surface area contributed by atoms with E-state index < -0.39 is 0 Å². The number of aryl methyl sites for hydroxylation is 1. The Bertz CT molecular complexity index is 992. The van der Waals surface area contributed by atoms with Crippen LogP contribution < -0.4 is 24.8 Å². The van der Waals surface area contributed by atoms with Crippen molar-refractivity contribution < 1.29 is 18.6 Å². The van der Waals surface area contributed by atoms with E-state index in [2.05, 4.69) is 28.6 Å². The SMILES string of the molecule is CN=C(NCc1cc(OC)c(OC)c(OC)c1)NCc1oc2ccccc2c1C.I. The third-order valence-electron chi connectivity index (χ3n) is 4.77. The lowest BCUT2D eigenvalue weighted by molar-refractivity contribution is 0.323. The van der Waals surface area contributed by atoms with Crippen LogP contribution in [0.1, 0.15) is 16.9 Å². The molecular weight excluding hydrogens is 497 g/mol. The molecule has 0 unspecified atom stereocenters. The maximum Gasteiger partial charge on any atom is 0.203 e. The molecule has 8 heteroatoms. The fourth-order valence-electron chi connectivity index (χ4n) is 3.20. The standard InChI is InChI=1S/C22H27N3O4.HI/c1-14-16-8-6-7-9-17(16)29-20(14)13-25-22(23-2)24-12-15-10-18(26-3)21(28-5)19(11-15)27-4;/h6-11H,12-13H2,1-5H3,(H2,23,24,25);1H. The van der Waals surface area contributed by atoms with Crippen LogP contribution >= 0.6 is 24.0 Å². The first kappa shape index (κ1) is 23.7. The first-order valence-corrected chi connectivity index (χ1v) is 9.31. The van der Waals surface area contributed by atoms with Crippen LogP contribution in [0.25, 0.3) is 11.0 Å². The van der Waals surface area contributed by atoms with Gasteiger partial charge < -0.3 is 29.3 Å². The largest absolute Gasteiger partial charge is 0.493 e. The number of fused-ring (bicyclic) bond motifs is 1. The Morgan fingerprint density at radius 3 is 2.17 bits per heavy atom. The molecule has 0 saturated heterocycles. The lowest BCUT2D eigenvalue weighted by Gasteiger charge is -2.15. The van der Waals surface area contributed by atoms with Crippen molar-refractivity contribution in [2.75, 3.05) is 28.4 Å². The molecule has 0 fully saturated rings. The Balaban J connectivity index is 0.00000320. The summed E-state index contributed by atoms with van der Waals surface area (Å²) in [5, 5.41) is 7.72. The number of benzene rings is 2. The minimum Gasteiger partial charge on any atom is -0.493 e. The normalized spacial score (nSPS) is 11.0. The van der Waals surface area contributed by atoms with Gasteiger partial charge in [0.15, 0.2) is 17.5 Å². The second-order valence-electron chi connectivity index (χ2n) is 6.46. The summed E-state index contributed by atoms with van der Waals surface area (Å²) in [4.78, 5) is 4.29. The summed E-state index contributed by atoms with van der Waals surface area (Å²) in [6, 6.07) is 11.8. The number of para-hydroxylation sites is 1. The van der Waals surface area contributed by atoms with Gasteiger partial charge in [0.1, 0.15) is 11.3 Å². The minimum atomic E-state index is 0. The number of ether oxygens (including phenoxy) is 3. The zero-order valence-corrected chi connectivity index (χ0v) is 20.2. The Morgan fingerprint density at radius 2 is 1.60 bits per heavy atom. The first-order chi connectivity index (χ1) is 14.1. The molecule has 0 amide bonds. The Morgan fingerprint density at radius 1 is 0.967 bits per heavy atom. The number of rotatable bonds is 7. The van der Waals surface area contributed by atoms with E-state index >= 15 is 0 Å². The Labute approximate surface area is 193 Å². The van der Waals surface area contributed by atoms with Crippen molar-refractivity contribution >= 4 is 40.9 Å². The van der Waals surface area contributed by atoms with Crippen LogP contribution in [0, 0.1) is 6.92 Å². The number of nitrogens with one attached hydrogen (secondary N) is 2. The second kappa shape index (κ2) is 11.0. The molecule has 1 aromatic heterocycles. The number of hydrogen-bond acceptors (Lipinski definition) is 5. The average molecular weight is 525 g/mol. The van der Waals surface area contributed by atoms with E-state index in [4.69, 9.17) is 18.6 Å². The van der Waals surface area contributed by atoms with Gasteiger partial charge in [-0.1, -0.05) is 18.2 Å². The molecule has 0 radical (unpaired) electrons. The third kappa shape index (κ3) is 5.10. The van der Waals surface area contributed by atoms with Gasteiger partial charge in [-0.05, 0) is 30.7 Å². The van der Waals surface area contributed by atoms with Crippen molar-refractivity contribution in [2.24, 2.45) is 4.99 Å². The number of furan rings is 1. The predicted molar refractivity (Wildman–Crippen MR) is 130 cm³/mol. The molecule has 3 rings (SSSR count). The van der Waals surface area contributed by atoms with Gasteiger partial charge in [0.05, 0.1) is 27.9 Å². The topological polar surface area (TPSA) is 77.3 Å². The highest BCUT2D eigenvalue weighted by atomic mass is 127. The predicted octanol–water partition coefficient (Wildman–Crippen LogP) is 4.25. The molecule has 0 aliphatic heterocycles. The molecule has 0 bridgehead atoms. The zero-order chi connectivity index (χ0) is 20.8. The number of methoxy groups -OCH3 is 3. The molecule has 0 aliphatic rings. The van der Waals surface area contributed by atoms with Crippen molar-refractivity contribution in [1.82, 2.24) is 10.6 Å². The fourth-order valence-corrected chi connectivity index (χ4v) is 3.20. The van der Waals surface area contributed by atoms with Gasteiger partial charge in [0.25, 0.3) is 0 Å². The Hall–Kier alpha value is -2.62. The summed E-state index contributed by atoms with van der Waals surface area (Å²) in [6.07, 6.45) is 0. The van der Waals surface area contributed by atoms with E-state index in [0.717, 1.165) is 27.9 Å². The van der Waals surface area contributed by atoms with Gasteiger partial charge in [-0.2, -0.15) is 0 Å². The van der Waals surface area contributed by atoms with Crippen LogP contribution in [-0.4, -0.2) is 34.3 Å². The van der Waals surface area contributed by atoms with Gasteiger partial charge >= 0.3 is 0 Å². The monoisotopic (exact) mass is 525 g/mol. The van der Waals surface area contributed by atoms with Crippen LogP contribution in [0.4, 0.5) is 0 Å². The Kier molecular flexibility index (Phi) is 8.64. The molecule has 3 aromatic rings. The third-order valence-corrected chi connectivity index (χ3v) is 4.77. The zero-order valence-electron chi connectivity index (χ0n) is 17.9. The summed E-state index contributed by atoms with van der Waals surface area (Å²) in [7, 11) is 6.52. The van der Waals surface area contributed by atoms with E-state index in [9.17, 15) is 0 Å². The second-order valence-corrected chi connectivity index (χ2v) is 6.46. The first-order valence-electron chi connectivity index (χ1n) is 9.31. The molecule has 1 heterocycles. The maximum atomic E-state index is 5.95. The van der Waals surface area contributed by atoms with Crippen LogP contribution in [-0.2, 0) is 13.1 Å². The summed E-state index contributed by atoms with van der Waals surface area (Å²) >= 11 is 0. The van der Waals surface area contributed by atoms with Crippen LogP contribution in [0.2, 0.25) is 0 Å². The van der Waals surface area contributed by atoms with Crippen molar-refractivity contribution in [3.63, 3.8) is 0 Å². The van der Waals surface area contributed by atoms with Crippen molar-refractivity contribution in [3.05, 3.63) is 53.3 Å². The molecule has 2 aromatic carbocycles. The van der Waals surface area contributed by atoms with Gasteiger partial charge in [0.2, 0.25) is 5.75 Å². The molecular formula is C22H28IN3O4. The maximum absolute atomic E-state index is 5.95. The lowest BCUT2D eigenvalue weighted by atomic mass is 10.1. The number of hydrogen-bond donors (Lipinski definition) is 2. The smallest absolute Gasteiger partial charge is 0.203 e. The molecule has 2 N–H and O–H groups in total. The molecule has 0 atom stereocenters. The highest BCUT2D eigenvalue weighted by molar-refractivity contribution is 14.0. The molecule has 30 heavy (non-hydrogen) atoms. The van der Waals surface area contributed by atoms with Gasteiger partial charge in [-0.25, -0.2) is 0 Å². The number of aliphatic imine (C=N–C) groups is 1. The number of halogens is 1. The van der Waals surface area contributed by atoms with Gasteiger partial charge in [-0.15, -0.1) is 24.0 Å². The molecule has 0 saturated carbocycles. The van der Waals surface area contributed by atoms with Crippen molar-refractivity contribution in [1.29, 1.82) is 0 Å². The van der Waals surface area contributed by atoms with Crippen LogP contribution in [0.15, 0.2) is 45.8 Å². The summed E-state index contributed by atoms with van der Waals surface area (Å²) < 4.78 is 22.1. The van der Waals surface area contributed by atoms with E-state index in [-0.39, 0.29) is 24.0 Å². The molecule has 0 aliphatic carbocycles. The van der Waals surface area contributed by atoms with Crippen molar-refractivity contribution in [2.45, 2.75) is 20.0 Å². The highest BCUT2D eigenvalue weighted by Gasteiger charge is 2.14. The quantitative estimate of drug-likeness (QED) is 0.273. The van der Waals surface area contributed by atoms with E-state index in [1.807, 2.05) is 30.3 Å². The van der Waals surface area contributed by atoms with Crippen LogP contribution in [0.3, 0.4) is 0 Å². The molecule has 0 spiro atoms. The summed E-state index contributed by atoms with van der Waals surface area (Å²) in [5.74, 6) is 3.36. The minimum absolute atomic E-state index is 0. The lowest BCUT2D eigenvalue weighted by Crippen LogP contribution is -2.36. The van der Waals surface area contributed by atoms with Gasteiger partial charge in [-0.3, -0.25) is 4.99 Å². The van der Waals surface area contributed by atoms with E-state index in [1.54, 1.807) is 28.4 Å².